The van der Waals surface area contributed by atoms with E-state index in [4.69, 9.17) is 0 Å². The van der Waals surface area contributed by atoms with E-state index in [0.29, 0.717) is 18.7 Å². The first-order valence-electron chi connectivity index (χ1n) is 7.32. The van der Waals surface area contributed by atoms with Crippen LogP contribution in [0.25, 0.3) is 0 Å². The number of nitrogens with one attached hydrogen (secondary N) is 2. The SMILES string of the molecule is COC(=O)c1ccccc1NC(=O)CCNC1CCS(=O)(=O)C1. The number of esters is 1. The van der Waals surface area contributed by atoms with Crippen molar-refractivity contribution in [2.24, 2.45) is 0 Å². The number of amides is 1. The van der Waals surface area contributed by atoms with Crippen molar-refractivity contribution in [3.63, 3.8) is 0 Å². The molecule has 1 saturated heterocycles. The average molecular weight is 340 g/mol. The van der Waals surface area contributed by atoms with Gasteiger partial charge in [-0.25, -0.2) is 13.2 Å². The first-order chi connectivity index (χ1) is 10.9. The molecule has 1 aromatic rings. The van der Waals surface area contributed by atoms with Gasteiger partial charge in [0.1, 0.15) is 0 Å². The molecule has 2 N–H and O–H groups in total. The molecule has 2 rings (SSSR count). The Morgan fingerprint density at radius 3 is 2.70 bits per heavy atom. The van der Waals surface area contributed by atoms with Crippen molar-refractivity contribution in [1.29, 1.82) is 0 Å². The quantitative estimate of drug-likeness (QED) is 0.735. The van der Waals surface area contributed by atoms with E-state index in [2.05, 4.69) is 15.4 Å². The minimum absolute atomic E-state index is 0.0878. The van der Waals surface area contributed by atoms with Gasteiger partial charge in [-0.2, -0.15) is 0 Å². The van der Waals surface area contributed by atoms with Crippen LogP contribution in [0.3, 0.4) is 0 Å². The number of hydrogen-bond acceptors (Lipinski definition) is 6. The monoisotopic (exact) mass is 340 g/mol. The summed E-state index contributed by atoms with van der Waals surface area (Å²) in [5.41, 5.74) is 0.686. The molecule has 0 bridgehead atoms. The summed E-state index contributed by atoms with van der Waals surface area (Å²) < 4.78 is 27.4. The molecule has 0 saturated carbocycles. The Labute approximate surface area is 135 Å². The molecule has 1 amide bonds. The molecule has 0 aliphatic carbocycles. The van der Waals surface area contributed by atoms with Crippen molar-refractivity contribution in [3.8, 4) is 0 Å². The number of ether oxygens (including phenoxy) is 1. The smallest absolute Gasteiger partial charge is 0.339 e. The van der Waals surface area contributed by atoms with Crippen LogP contribution >= 0.6 is 0 Å². The van der Waals surface area contributed by atoms with Gasteiger partial charge in [0.05, 0.1) is 29.9 Å². The van der Waals surface area contributed by atoms with Gasteiger partial charge in [-0.3, -0.25) is 4.79 Å². The molecule has 1 heterocycles. The van der Waals surface area contributed by atoms with Crippen LogP contribution in [-0.2, 0) is 19.4 Å². The van der Waals surface area contributed by atoms with Gasteiger partial charge in [0.2, 0.25) is 5.91 Å². The molecule has 126 valence electrons. The van der Waals surface area contributed by atoms with Gasteiger partial charge in [-0.1, -0.05) is 12.1 Å². The highest BCUT2D eigenvalue weighted by atomic mass is 32.2. The summed E-state index contributed by atoms with van der Waals surface area (Å²) in [4.78, 5) is 23.6. The predicted molar refractivity (Wildman–Crippen MR) is 86.1 cm³/mol. The number of carbonyl (C=O) groups is 2. The van der Waals surface area contributed by atoms with Crippen molar-refractivity contribution in [2.45, 2.75) is 18.9 Å². The van der Waals surface area contributed by atoms with E-state index in [9.17, 15) is 18.0 Å². The van der Waals surface area contributed by atoms with Crippen LogP contribution in [0.15, 0.2) is 24.3 Å². The largest absolute Gasteiger partial charge is 0.465 e. The lowest BCUT2D eigenvalue weighted by Gasteiger charge is -2.12. The summed E-state index contributed by atoms with van der Waals surface area (Å²) in [6.07, 6.45) is 0.765. The topological polar surface area (TPSA) is 102 Å². The molecule has 1 aromatic carbocycles. The first kappa shape index (κ1) is 17.4. The van der Waals surface area contributed by atoms with E-state index in [1.165, 1.54) is 7.11 Å². The van der Waals surface area contributed by atoms with Crippen molar-refractivity contribution >= 4 is 27.4 Å². The van der Waals surface area contributed by atoms with Gasteiger partial charge in [0.15, 0.2) is 9.84 Å². The third-order valence-electron chi connectivity index (χ3n) is 3.62. The Bertz CT molecular complexity index is 687. The van der Waals surface area contributed by atoms with Gasteiger partial charge in [-0.05, 0) is 18.6 Å². The molecular formula is C15H20N2O5S. The zero-order valence-corrected chi connectivity index (χ0v) is 13.7. The summed E-state index contributed by atoms with van der Waals surface area (Å²) in [7, 11) is -1.65. The van der Waals surface area contributed by atoms with Crippen LogP contribution < -0.4 is 10.6 Å². The normalized spacial score (nSPS) is 19.3. The molecule has 8 heteroatoms. The average Bonchev–Trinajstić information content (AvgIpc) is 2.86. The Balaban J connectivity index is 1.83. The summed E-state index contributed by atoms with van der Waals surface area (Å²) in [6.45, 7) is 0.381. The second-order valence-corrected chi connectivity index (χ2v) is 7.62. The molecule has 1 atom stereocenters. The maximum atomic E-state index is 12.0. The van der Waals surface area contributed by atoms with E-state index in [1.54, 1.807) is 24.3 Å². The fourth-order valence-corrected chi connectivity index (χ4v) is 4.15. The summed E-state index contributed by atoms with van der Waals surface area (Å²) in [5, 5.41) is 5.74. The number of sulfone groups is 1. The summed E-state index contributed by atoms with van der Waals surface area (Å²) in [5.74, 6) is -0.451. The fourth-order valence-electron chi connectivity index (χ4n) is 2.44. The van der Waals surface area contributed by atoms with Crippen molar-refractivity contribution < 1.29 is 22.7 Å². The number of anilines is 1. The van der Waals surface area contributed by atoms with Crippen LogP contribution in [0.1, 0.15) is 23.2 Å². The van der Waals surface area contributed by atoms with E-state index >= 15 is 0 Å². The molecule has 1 aliphatic rings. The van der Waals surface area contributed by atoms with Crippen molar-refractivity contribution in [3.05, 3.63) is 29.8 Å². The standard InChI is InChI=1S/C15H20N2O5S/c1-22-15(19)12-4-2-3-5-13(12)17-14(18)6-8-16-11-7-9-23(20,21)10-11/h2-5,11,16H,6-10H2,1H3,(H,17,18). The van der Waals surface area contributed by atoms with Crippen molar-refractivity contribution in [1.82, 2.24) is 5.32 Å². The number of benzene rings is 1. The number of hydrogen-bond donors (Lipinski definition) is 2. The van der Waals surface area contributed by atoms with Crippen LogP contribution in [0, 0.1) is 0 Å². The molecule has 1 aliphatic heterocycles. The van der Waals surface area contributed by atoms with Crippen LogP contribution in [-0.4, -0.2) is 51.5 Å². The lowest BCUT2D eigenvalue weighted by molar-refractivity contribution is -0.116. The molecule has 0 radical (unpaired) electrons. The Hall–Kier alpha value is -1.93. The number of rotatable bonds is 6. The highest BCUT2D eigenvalue weighted by molar-refractivity contribution is 7.91. The first-order valence-corrected chi connectivity index (χ1v) is 9.14. The highest BCUT2D eigenvalue weighted by Crippen LogP contribution is 2.16. The number of carbonyl (C=O) groups excluding carboxylic acids is 2. The second-order valence-electron chi connectivity index (χ2n) is 5.39. The Morgan fingerprint density at radius 2 is 2.04 bits per heavy atom. The van der Waals surface area contributed by atoms with E-state index in [1.807, 2.05) is 0 Å². The molecule has 7 nitrogen and oxygen atoms in total. The number of methoxy groups -OCH3 is 1. The molecule has 0 aromatic heterocycles. The Kier molecular flexibility index (Phi) is 5.73. The zero-order valence-electron chi connectivity index (χ0n) is 12.9. The third-order valence-corrected chi connectivity index (χ3v) is 5.39. The van der Waals surface area contributed by atoms with E-state index < -0.39 is 15.8 Å². The molecule has 23 heavy (non-hydrogen) atoms. The van der Waals surface area contributed by atoms with E-state index in [-0.39, 0.29) is 35.4 Å². The van der Waals surface area contributed by atoms with Gasteiger partial charge in [-0.15, -0.1) is 0 Å². The van der Waals surface area contributed by atoms with Gasteiger partial charge < -0.3 is 15.4 Å². The van der Waals surface area contributed by atoms with Gasteiger partial charge in [0.25, 0.3) is 0 Å². The lowest BCUT2D eigenvalue weighted by atomic mass is 10.1. The lowest BCUT2D eigenvalue weighted by Crippen LogP contribution is -2.32. The van der Waals surface area contributed by atoms with E-state index in [0.717, 1.165) is 0 Å². The van der Waals surface area contributed by atoms with Crippen molar-refractivity contribution in [2.75, 3.05) is 30.5 Å². The van der Waals surface area contributed by atoms with Crippen LogP contribution in [0.5, 0.6) is 0 Å². The second kappa shape index (κ2) is 7.56. The minimum Gasteiger partial charge on any atom is -0.465 e. The predicted octanol–water partition coefficient (Wildman–Crippen LogP) is 0.579. The number of para-hydroxylation sites is 1. The minimum atomic E-state index is -2.93. The van der Waals surface area contributed by atoms with Crippen LogP contribution in [0.2, 0.25) is 0 Å². The van der Waals surface area contributed by atoms with Crippen LogP contribution in [0.4, 0.5) is 5.69 Å². The highest BCUT2D eigenvalue weighted by Gasteiger charge is 2.27. The molecule has 1 unspecified atom stereocenters. The fraction of sp³-hybridized carbons (Fsp3) is 0.467. The summed E-state index contributed by atoms with van der Waals surface area (Å²) >= 11 is 0. The molecule has 0 spiro atoms. The zero-order chi connectivity index (χ0) is 16.9. The maximum Gasteiger partial charge on any atom is 0.339 e. The Morgan fingerprint density at radius 1 is 1.30 bits per heavy atom. The van der Waals surface area contributed by atoms with Gasteiger partial charge >= 0.3 is 5.97 Å². The maximum absolute atomic E-state index is 12.0. The third kappa shape index (κ3) is 5.04. The molecular weight excluding hydrogens is 320 g/mol. The molecule has 1 fully saturated rings. The summed E-state index contributed by atoms with van der Waals surface area (Å²) in [6, 6.07) is 6.51. The van der Waals surface area contributed by atoms with Gasteiger partial charge in [0, 0.05) is 19.0 Å².